The number of guanidine groups is 1. The molecule has 25 heavy (non-hydrogen) atoms. The molecule has 1 unspecified atom stereocenters. The van der Waals surface area contributed by atoms with Crippen molar-refractivity contribution >= 4 is 35.8 Å². The van der Waals surface area contributed by atoms with Crippen LogP contribution in [-0.2, 0) is 4.79 Å². The van der Waals surface area contributed by atoms with E-state index in [4.69, 9.17) is 0 Å². The zero-order chi connectivity index (χ0) is 18.0. The molecule has 0 bridgehead atoms. The highest BCUT2D eigenvalue weighted by molar-refractivity contribution is 14.0. The van der Waals surface area contributed by atoms with Crippen LogP contribution in [0.4, 0.5) is 0 Å². The summed E-state index contributed by atoms with van der Waals surface area (Å²) in [4.78, 5) is 18.5. The van der Waals surface area contributed by atoms with E-state index in [1.54, 1.807) is 7.05 Å². The molecular formula is C18H38IN5O. The summed E-state index contributed by atoms with van der Waals surface area (Å²) in [5, 5.41) is 9.25. The second kappa shape index (κ2) is 12.7. The lowest BCUT2D eigenvalue weighted by molar-refractivity contribution is -0.121. The van der Waals surface area contributed by atoms with E-state index in [2.05, 4.69) is 32.8 Å². The molecule has 0 aromatic heterocycles. The van der Waals surface area contributed by atoms with E-state index in [0.29, 0.717) is 5.96 Å². The van der Waals surface area contributed by atoms with E-state index >= 15 is 0 Å². The largest absolute Gasteiger partial charge is 0.356 e. The van der Waals surface area contributed by atoms with Crippen molar-refractivity contribution in [2.24, 2.45) is 10.9 Å². The van der Waals surface area contributed by atoms with Crippen molar-refractivity contribution in [3.05, 3.63) is 0 Å². The molecule has 0 saturated carbocycles. The first-order valence-corrected chi connectivity index (χ1v) is 9.28. The summed E-state index contributed by atoms with van der Waals surface area (Å²) in [6.07, 6.45) is 5.02. The second-order valence-electron chi connectivity index (χ2n) is 7.91. The summed E-state index contributed by atoms with van der Waals surface area (Å²) in [5.74, 6) is 1.51. The fraction of sp³-hybridized carbons (Fsp3) is 0.889. The zero-order valence-electron chi connectivity index (χ0n) is 16.7. The number of carbonyl (C=O) groups is 1. The number of amides is 1. The molecule has 1 rings (SSSR count). The Balaban J connectivity index is 0.00000576. The number of hydrogen-bond acceptors (Lipinski definition) is 3. The van der Waals surface area contributed by atoms with Crippen LogP contribution < -0.4 is 16.0 Å². The number of carbonyl (C=O) groups excluding carboxylic acids is 1. The number of unbranched alkanes of at least 4 members (excludes halogenated alkanes) is 1. The zero-order valence-corrected chi connectivity index (χ0v) is 19.0. The average Bonchev–Trinajstić information content (AvgIpc) is 2.48. The Morgan fingerprint density at radius 1 is 1.24 bits per heavy atom. The van der Waals surface area contributed by atoms with Crippen LogP contribution in [0.5, 0.6) is 0 Å². The predicted molar refractivity (Wildman–Crippen MR) is 117 cm³/mol. The van der Waals surface area contributed by atoms with Crippen LogP contribution in [0.1, 0.15) is 53.4 Å². The van der Waals surface area contributed by atoms with E-state index in [9.17, 15) is 4.79 Å². The van der Waals surface area contributed by atoms with Crippen LogP contribution in [0.3, 0.4) is 0 Å². The molecule has 148 valence electrons. The number of halogens is 1. The monoisotopic (exact) mass is 467 g/mol. The van der Waals surface area contributed by atoms with Gasteiger partial charge in [-0.15, -0.1) is 24.0 Å². The third-order valence-electron chi connectivity index (χ3n) is 4.09. The van der Waals surface area contributed by atoms with Crippen molar-refractivity contribution in [2.45, 2.75) is 58.9 Å². The Hall–Kier alpha value is -0.570. The summed E-state index contributed by atoms with van der Waals surface area (Å²) in [6.45, 7) is 13.1. The van der Waals surface area contributed by atoms with Crippen molar-refractivity contribution in [1.82, 2.24) is 20.9 Å². The van der Waals surface area contributed by atoms with Gasteiger partial charge >= 0.3 is 0 Å². The fourth-order valence-electron chi connectivity index (χ4n) is 3.00. The van der Waals surface area contributed by atoms with Crippen LogP contribution in [0.15, 0.2) is 4.99 Å². The van der Waals surface area contributed by atoms with Crippen molar-refractivity contribution in [3.63, 3.8) is 0 Å². The topological polar surface area (TPSA) is 68.8 Å². The summed E-state index contributed by atoms with van der Waals surface area (Å²) < 4.78 is 0. The van der Waals surface area contributed by atoms with E-state index in [1.807, 2.05) is 20.8 Å². The molecule has 3 N–H and O–H groups in total. The van der Waals surface area contributed by atoms with Crippen LogP contribution >= 0.6 is 24.0 Å². The molecule has 1 atom stereocenters. The quantitative estimate of drug-likeness (QED) is 0.233. The first-order valence-electron chi connectivity index (χ1n) is 9.28. The molecular weight excluding hydrogens is 429 g/mol. The molecule has 6 nitrogen and oxygen atoms in total. The lowest BCUT2D eigenvalue weighted by atomic mass is 10.0. The number of aliphatic imine (C=N–C) groups is 1. The number of hydrogen-bond donors (Lipinski definition) is 3. The van der Waals surface area contributed by atoms with Gasteiger partial charge < -0.3 is 20.9 Å². The molecule has 1 aliphatic heterocycles. The van der Waals surface area contributed by atoms with E-state index < -0.39 is 0 Å². The fourth-order valence-corrected chi connectivity index (χ4v) is 3.00. The van der Waals surface area contributed by atoms with Crippen molar-refractivity contribution in [1.29, 1.82) is 0 Å². The molecule has 1 amide bonds. The Labute approximate surface area is 171 Å². The second-order valence-corrected chi connectivity index (χ2v) is 7.91. The minimum absolute atomic E-state index is 0. The molecule has 0 spiro atoms. The molecule has 7 heteroatoms. The van der Waals surface area contributed by atoms with Crippen LogP contribution in [-0.4, -0.2) is 62.1 Å². The van der Waals surface area contributed by atoms with Gasteiger partial charge in [0.1, 0.15) is 0 Å². The minimum Gasteiger partial charge on any atom is -0.356 e. The van der Waals surface area contributed by atoms with Gasteiger partial charge in [0.15, 0.2) is 5.96 Å². The van der Waals surface area contributed by atoms with Gasteiger partial charge in [-0.2, -0.15) is 0 Å². The van der Waals surface area contributed by atoms with Gasteiger partial charge in [0, 0.05) is 25.7 Å². The average molecular weight is 467 g/mol. The maximum Gasteiger partial charge on any atom is 0.239 e. The van der Waals surface area contributed by atoms with Crippen LogP contribution in [0.25, 0.3) is 0 Å². The maximum absolute atomic E-state index is 11.8. The Kier molecular flexibility index (Phi) is 12.4. The normalized spacial score (nSPS) is 19.1. The Morgan fingerprint density at radius 2 is 1.96 bits per heavy atom. The highest BCUT2D eigenvalue weighted by atomic mass is 127. The highest BCUT2D eigenvalue weighted by Crippen LogP contribution is 2.15. The van der Waals surface area contributed by atoms with Gasteiger partial charge in [-0.25, -0.2) is 0 Å². The third-order valence-corrected chi connectivity index (χ3v) is 4.09. The lowest BCUT2D eigenvalue weighted by Gasteiger charge is -2.30. The van der Waals surface area contributed by atoms with E-state index in [1.165, 1.54) is 38.9 Å². The maximum atomic E-state index is 11.8. The summed E-state index contributed by atoms with van der Waals surface area (Å²) in [7, 11) is 1.73. The summed E-state index contributed by atoms with van der Waals surface area (Å²) in [5.41, 5.74) is -0.207. The van der Waals surface area contributed by atoms with E-state index in [-0.39, 0.29) is 42.0 Å². The summed E-state index contributed by atoms with van der Waals surface area (Å²) in [6, 6.07) is 0. The molecule has 0 aromatic rings. The van der Waals surface area contributed by atoms with Crippen molar-refractivity contribution in [3.8, 4) is 0 Å². The molecule has 0 aliphatic carbocycles. The van der Waals surface area contributed by atoms with E-state index in [0.717, 1.165) is 18.9 Å². The Bertz CT molecular complexity index is 409. The molecule has 1 fully saturated rings. The molecule has 1 saturated heterocycles. The van der Waals surface area contributed by atoms with Gasteiger partial charge in [0.2, 0.25) is 5.91 Å². The van der Waals surface area contributed by atoms with Gasteiger partial charge in [0.05, 0.1) is 6.54 Å². The number of likely N-dealkylation sites (tertiary alicyclic amines) is 1. The first kappa shape index (κ1) is 24.4. The molecule has 0 aromatic carbocycles. The molecule has 1 aliphatic rings. The number of nitrogens with zero attached hydrogens (tertiary/aromatic N) is 2. The van der Waals surface area contributed by atoms with Gasteiger partial charge in [0.25, 0.3) is 0 Å². The molecule has 1 heterocycles. The smallest absolute Gasteiger partial charge is 0.239 e. The SMILES string of the molecule is CN=C(NCCCCN1CCCC(C)C1)NCC(=O)NC(C)(C)C.I. The predicted octanol–water partition coefficient (Wildman–Crippen LogP) is 2.20. The minimum atomic E-state index is -0.207. The number of rotatable bonds is 7. The van der Waals surface area contributed by atoms with Crippen molar-refractivity contribution in [2.75, 3.05) is 39.8 Å². The van der Waals surface area contributed by atoms with Gasteiger partial charge in [-0.3, -0.25) is 9.79 Å². The Morgan fingerprint density at radius 3 is 2.56 bits per heavy atom. The molecule has 0 radical (unpaired) electrons. The highest BCUT2D eigenvalue weighted by Gasteiger charge is 2.15. The van der Waals surface area contributed by atoms with Crippen LogP contribution in [0.2, 0.25) is 0 Å². The summed E-state index contributed by atoms with van der Waals surface area (Å²) >= 11 is 0. The number of piperidine rings is 1. The van der Waals surface area contributed by atoms with Gasteiger partial charge in [-0.1, -0.05) is 6.92 Å². The van der Waals surface area contributed by atoms with Gasteiger partial charge in [-0.05, 0) is 65.5 Å². The van der Waals surface area contributed by atoms with Crippen molar-refractivity contribution < 1.29 is 4.79 Å². The standard InChI is InChI=1S/C18H37N5O.HI/c1-15-9-8-12-23(14-15)11-7-6-10-20-17(19-5)21-13-16(24)22-18(2,3)4;/h15H,6-14H2,1-5H3,(H,22,24)(H2,19,20,21);1H. The third kappa shape index (κ3) is 12.4. The first-order chi connectivity index (χ1) is 11.3. The van der Waals surface area contributed by atoms with Crippen LogP contribution in [0, 0.1) is 5.92 Å². The lowest BCUT2D eigenvalue weighted by Crippen LogP contribution is -2.48. The number of nitrogens with one attached hydrogen (secondary N) is 3.